The first-order valence-electron chi connectivity index (χ1n) is 3.61. The topological polar surface area (TPSA) is 9.23 Å². The monoisotopic (exact) mass is 262 g/mol. The average molecular weight is 262 g/mol. The highest BCUT2D eigenvalue weighted by atomic mass is 19.4. The fourth-order valence-electron chi connectivity index (χ4n) is 1.05. The molecule has 96 valence electrons. The van der Waals surface area contributed by atoms with Gasteiger partial charge in [0.15, 0.2) is 0 Å². The summed E-state index contributed by atoms with van der Waals surface area (Å²) >= 11 is 0. The van der Waals surface area contributed by atoms with E-state index < -0.39 is 36.7 Å². The van der Waals surface area contributed by atoms with Gasteiger partial charge in [-0.05, 0) is 0 Å². The third-order valence-electron chi connectivity index (χ3n) is 2.00. The molecule has 0 aromatic rings. The molecule has 0 amide bonds. The molecule has 0 radical (unpaired) electrons. The maximum absolute atomic E-state index is 12.9. The van der Waals surface area contributed by atoms with Gasteiger partial charge in [-0.3, -0.25) is 4.74 Å². The fraction of sp³-hybridized carbons (Fsp3) is 1.00. The number of hydrogen-bond donors (Lipinski definition) is 0. The minimum absolute atomic E-state index is 0.571. The van der Waals surface area contributed by atoms with Gasteiger partial charge in [0.05, 0.1) is 0 Å². The molecular weight excluding hydrogens is 259 g/mol. The van der Waals surface area contributed by atoms with Crippen LogP contribution in [0.2, 0.25) is 0 Å². The van der Waals surface area contributed by atoms with E-state index in [1.54, 1.807) is 0 Å². The van der Waals surface area contributed by atoms with Gasteiger partial charge < -0.3 is 0 Å². The highest BCUT2D eigenvalue weighted by Gasteiger charge is 2.94. The Hall–Kier alpha value is -0.670. The van der Waals surface area contributed by atoms with Crippen LogP contribution in [0.1, 0.15) is 6.92 Å². The smallest absolute Gasteiger partial charge is 0.267 e. The van der Waals surface area contributed by atoms with E-state index in [1.165, 1.54) is 0 Å². The van der Waals surface area contributed by atoms with Crippen molar-refractivity contribution in [2.75, 3.05) is 0 Å². The summed E-state index contributed by atoms with van der Waals surface area (Å²) in [6.07, 6.45) is -6.02. The van der Waals surface area contributed by atoms with E-state index in [1.807, 2.05) is 0 Å². The molecule has 1 fully saturated rings. The van der Waals surface area contributed by atoms with Gasteiger partial charge in [-0.1, -0.05) is 0 Å². The summed E-state index contributed by atoms with van der Waals surface area (Å²) in [5.41, 5.74) is 0. The minimum Gasteiger partial charge on any atom is -0.267 e. The van der Waals surface area contributed by atoms with Crippen molar-refractivity contribution in [3.8, 4) is 0 Å². The summed E-state index contributed by atoms with van der Waals surface area (Å²) in [6, 6.07) is 0. The first-order chi connectivity index (χ1) is 6.71. The minimum atomic E-state index is -6.37. The second-order valence-electron chi connectivity index (χ2n) is 3.25. The van der Waals surface area contributed by atoms with Crippen LogP contribution < -0.4 is 0 Å². The Labute approximate surface area is 82.2 Å². The van der Waals surface area contributed by atoms with Crippen LogP contribution >= 0.6 is 0 Å². The SMILES string of the molecule is CC(F)(F)C1(F)OC(F)(F)C(F)(F)C1(F)F. The van der Waals surface area contributed by atoms with Gasteiger partial charge >= 0.3 is 29.7 Å². The van der Waals surface area contributed by atoms with Crippen molar-refractivity contribution >= 4 is 0 Å². The van der Waals surface area contributed by atoms with Crippen LogP contribution in [0.25, 0.3) is 0 Å². The Bertz CT molecular complexity index is 306. The summed E-state index contributed by atoms with van der Waals surface area (Å²) in [6.45, 7) is -0.571. The first-order valence-corrected chi connectivity index (χ1v) is 3.61. The van der Waals surface area contributed by atoms with Crippen molar-refractivity contribution < 1.29 is 44.3 Å². The normalized spacial score (nSPS) is 36.4. The highest BCUT2D eigenvalue weighted by molar-refractivity contribution is 5.12. The lowest BCUT2D eigenvalue weighted by Crippen LogP contribution is -2.59. The van der Waals surface area contributed by atoms with Gasteiger partial charge in [0, 0.05) is 6.92 Å². The zero-order valence-electron chi connectivity index (χ0n) is 7.31. The molecule has 1 rings (SSSR count). The molecule has 1 atom stereocenters. The Kier molecular flexibility index (Phi) is 2.32. The largest absolute Gasteiger partial charge is 0.428 e. The van der Waals surface area contributed by atoms with Crippen LogP contribution in [0.4, 0.5) is 39.5 Å². The highest BCUT2D eigenvalue weighted by Crippen LogP contribution is 2.64. The van der Waals surface area contributed by atoms with Crippen LogP contribution in [0.5, 0.6) is 0 Å². The third kappa shape index (κ3) is 1.19. The molecule has 1 unspecified atom stereocenters. The van der Waals surface area contributed by atoms with Gasteiger partial charge in [0.2, 0.25) is 0 Å². The zero-order chi connectivity index (χ0) is 13.2. The van der Waals surface area contributed by atoms with E-state index in [0.717, 1.165) is 0 Å². The Morgan fingerprint density at radius 2 is 1.19 bits per heavy atom. The molecule has 1 aliphatic heterocycles. The number of halogens is 9. The van der Waals surface area contributed by atoms with Gasteiger partial charge in [0.1, 0.15) is 0 Å². The van der Waals surface area contributed by atoms with Crippen LogP contribution in [0, 0.1) is 0 Å². The molecule has 1 nitrogen and oxygen atoms in total. The van der Waals surface area contributed by atoms with Crippen LogP contribution in [-0.2, 0) is 4.74 Å². The predicted molar refractivity (Wildman–Crippen MR) is 30.4 cm³/mol. The van der Waals surface area contributed by atoms with Gasteiger partial charge in [-0.25, -0.2) is 8.78 Å². The zero-order valence-corrected chi connectivity index (χ0v) is 7.31. The lowest BCUT2D eigenvalue weighted by atomic mass is 10.0. The molecule has 0 aromatic carbocycles. The standard InChI is InChI=1S/C6H3F9O/c1-2(7,8)5(13)3(9,10)4(11,12)6(14,15)16-5/h1H3. The molecule has 0 aliphatic carbocycles. The molecule has 1 aliphatic rings. The molecule has 0 spiro atoms. The molecule has 0 bridgehead atoms. The van der Waals surface area contributed by atoms with Crippen LogP contribution in [0.3, 0.4) is 0 Å². The number of hydrogen-bond acceptors (Lipinski definition) is 1. The number of rotatable bonds is 1. The lowest BCUT2D eigenvalue weighted by molar-refractivity contribution is -0.372. The Balaban J connectivity index is 3.41. The van der Waals surface area contributed by atoms with E-state index in [-0.39, 0.29) is 0 Å². The molecule has 10 heteroatoms. The molecule has 0 saturated carbocycles. The predicted octanol–water partition coefficient (Wildman–Crippen LogP) is 3.20. The van der Waals surface area contributed by atoms with E-state index in [2.05, 4.69) is 4.74 Å². The summed E-state index contributed by atoms with van der Waals surface area (Å²) in [4.78, 5) is 0. The van der Waals surface area contributed by atoms with Crippen LogP contribution in [0.15, 0.2) is 0 Å². The van der Waals surface area contributed by atoms with Gasteiger partial charge in [-0.2, -0.15) is 30.7 Å². The fourth-order valence-corrected chi connectivity index (χ4v) is 1.05. The number of alkyl halides is 9. The van der Waals surface area contributed by atoms with Crippen molar-refractivity contribution in [2.24, 2.45) is 0 Å². The summed E-state index contributed by atoms with van der Waals surface area (Å²) in [7, 11) is 0. The van der Waals surface area contributed by atoms with E-state index in [9.17, 15) is 39.5 Å². The lowest BCUT2D eigenvalue weighted by Gasteiger charge is -2.30. The van der Waals surface area contributed by atoms with E-state index in [4.69, 9.17) is 0 Å². The summed E-state index contributed by atoms with van der Waals surface area (Å²) in [5, 5.41) is 0. The quantitative estimate of drug-likeness (QED) is 0.659. The van der Waals surface area contributed by atoms with Gasteiger partial charge in [0.25, 0.3) is 0 Å². The number of ether oxygens (including phenoxy) is 1. The van der Waals surface area contributed by atoms with Crippen molar-refractivity contribution in [2.45, 2.75) is 36.7 Å². The van der Waals surface area contributed by atoms with Crippen molar-refractivity contribution in [1.82, 2.24) is 0 Å². The maximum Gasteiger partial charge on any atom is 0.428 e. The molecule has 1 heterocycles. The molecule has 0 aromatic heterocycles. The summed E-state index contributed by atoms with van der Waals surface area (Å²) in [5.74, 6) is -23.7. The van der Waals surface area contributed by atoms with Crippen LogP contribution in [-0.4, -0.2) is 29.7 Å². The molecule has 0 N–H and O–H groups in total. The maximum atomic E-state index is 12.9. The van der Waals surface area contributed by atoms with Gasteiger partial charge in [-0.15, -0.1) is 0 Å². The van der Waals surface area contributed by atoms with Crippen molar-refractivity contribution in [3.05, 3.63) is 0 Å². The first kappa shape index (κ1) is 13.4. The van der Waals surface area contributed by atoms with E-state index >= 15 is 0 Å². The van der Waals surface area contributed by atoms with E-state index in [0.29, 0.717) is 0 Å². The molecule has 1 saturated heterocycles. The van der Waals surface area contributed by atoms with Crippen molar-refractivity contribution in [3.63, 3.8) is 0 Å². The second-order valence-corrected chi connectivity index (χ2v) is 3.25. The van der Waals surface area contributed by atoms with Crippen molar-refractivity contribution in [1.29, 1.82) is 0 Å². The summed E-state index contributed by atoms with van der Waals surface area (Å²) < 4.78 is 114. The molecule has 16 heavy (non-hydrogen) atoms. The molecular formula is C6H3F9O. The Morgan fingerprint density at radius 3 is 1.31 bits per heavy atom. The Morgan fingerprint density at radius 1 is 0.812 bits per heavy atom. The average Bonchev–Trinajstić information content (AvgIpc) is 2.07. The second kappa shape index (κ2) is 2.77. The third-order valence-corrected chi connectivity index (χ3v) is 2.00.